The molecule has 0 bridgehead atoms. The summed E-state index contributed by atoms with van der Waals surface area (Å²) in [6.45, 7) is 11.5. The van der Waals surface area contributed by atoms with Gasteiger partial charge in [0.05, 0.1) is 0 Å². The van der Waals surface area contributed by atoms with Crippen molar-refractivity contribution in [1.29, 1.82) is 0 Å². The van der Waals surface area contributed by atoms with E-state index in [1.807, 2.05) is 0 Å². The summed E-state index contributed by atoms with van der Waals surface area (Å²) in [7, 11) is 0. The first-order valence-corrected chi connectivity index (χ1v) is 8.19. The van der Waals surface area contributed by atoms with Crippen LogP contribution in [0, 0.1) is 26.7 Å². The van der Waals surface area contributed by atoms with Crippen molar-refractivity contribution >= 4 is 0 Å². The molecule has 1 aromatic carbocycles. The molecule has 1 N–H and O–H groups in total. The van der Waals surface area contributed by atoms with Gasteiger partial charge in [-0.3, -0.25) is 4.90 Å². The summed E-state index contributed by atoms with van der Waals surface area (Å²) in [5.41, 5.74) is 6.02. The highest BCUT2D eigenvalue weighted by molar-refractivity contribution is 5.40. The van der Waals surface area contributed by atoms with Gasteiger partial charge in [-0.25, -0.2) is 0 Å². The van der Waals surface area contributed by atoms with E-state index < -0.39 is 0 Å². The van der Waals surface area contributed by atoms with Gasteiger partial charge >= 0.3 is 0 Å². The van der Waals surface area contributed by atoms with Gasteiger partial charge in [0.25, 0.3) is 0 Å². The van der Waals surface area contributed by atoms with Crippen molar-refractivity contribution in [3.05, 3.63) is 34.4 Å². The van der Waals surface area contributed by atoms with Crippen molar-refractivity contribution in [2.45, 2.75) is 46.1 Å². The molecule has 2 aliphatic rings. The summed E-state index contributed by atoms with van der Waals surface area (Å²) < 4.78 is 0. The lowest BCUT2D eigenvalue weighted by molar-refractivity contribution is 0.0828. The number of hydrogen-bond acceptors (Lipinski definition) is 2. The number of nitrogens with zero attached hydrogens (tertiary/aromatic N) is 1. The molecule has 110 valence electrons. The molecule has 1 aliphatic heterocycles. The van der Waals surface area contributed by atoms with E-state index in [4.69, 9.17) is 0 Å². The zero-order valence-corrected chi connectivity index (χ0v) is 13.2. The number of hydrogen-bond donors (Lipinski definition) is 1. The molecule has 1 aliphatic carbocycles. The van der Waals surface area contributed by atoms with Gasteiger partial charge in [-0.15, -0.1) is 0 Å². The van der Waals surface area contributed by atoms with Crippen molar-refractivity contribution in [1.82, 2.24) is 10.2 Å². The summed E-state index contributed by atoms with van der Waals surface area (Å²) in [6.07, 6.45) is 4.26. The zero-order valence-electron chi connectivity index (χ0n) is 13.2. The first-order chi connectivity index (χ1) is 9.66. The third-order valence-corrected chi connectivity index (χ3v) is 5.18. The van der Waals surface area contributed by atoms with Crippen molar-refractivity contribution in [3.63, 3.8) is 0 Å². The Bertz CT molecular complexity index is 447. The largest absolute Gasteiger partial charge is 0.314 e. The van der Waals surface area contributed by atoms with E-state index in [0.29, 0.717) is 6.04 Å². The van der Waals surface area contributed by atoms with Crippen LogP contribution in [0.5, 0.6) is 0 Å². The highest BCUT2D eigenvalue weighted by Gasteiger charge is 2.35. The standard InChI is InChI=1S/C18H28N2/c1-13-11-14(2)17(15(3)12-13)18(16-5-4-6-16)20-9-7-19-8-10-20/h11-12,16,18-19H,4-10H2,1-3H3/t18-/m1/s1. The minimum atomic E-state index is 0.659. The number of nitrogens with one attached hydrogen (secondary N) is 1. The molecule has 0 spiro atoms. The van der Waals surface area contributed by atoms with E-state index in [-0.39, 0.29) is 0 Å². The second kappa shape index (κ2) is 5.87. The third-order valence-electron chi connectivity index (χ3n) is 5.18. The van der Waals surface area contributed by atoms with Crippen LogP contribution in [0.4, 0.5) is 0 Å². The van der Waals surface area contributed by atoms with Gasteiger partial charge < -0.3 is 5.32 Å². The van der Waals surface area contributed by atoms with Crippen LogP contribution in [0.3, 0.4) is 0 Å². The SMILES string of the molecule is Cc1cc(C)c([C@@H](C2CCC2)N2CCNCC2)c(C)c1. The van der Waals surface area contributed by atoms with Gasteiger partial charge in [0.2, 0.25) is 0 Å². The Kier molecular flexibility index (Phi) is 4.13. The van der Waals surface area contributed by atoms with Crippen molar-refractivity contribution in [3.8, 4) is 0 Å². The first kappa shape index (κ1) is 14.1. The van der Waals surface area contributed by atoms with Gasteiger partial charge in [0.15, 0.2) is 0 Å². The van der Waals surface area contributed by atoms with Gasteiger partial charge in [0.1, 0.15) is 0 Å². The van der Waals surface area contributed by atoms with Crippen LogP contribution in [0.15, 0.2) is 12.1 Å². The molecule has 1 atom stereocenters. The Morgan fingerprint density at radius 3 is 2.15 bits per heavy atom. The summed E-state index contributed by atoms with van der Waals surface area (Å²) in [5.74, 6) is 0.883. The minimum Gasteiger partial charge on any atom is -0.314 e. The molecule has 3 rings (SSSR count). The van der Waals surface area contributed by atoms with Gasteiger partial charge in [-0.05, 0) is 56.2 Å². The first-order valence-electron chi connectivity index (χ1n) is 8.19. The lowest BCUT2D eigenvalue weighted by Gasteiger charge is -2.44. The average molecular weight is 272 g/mol. The van der Waals surface area contributed by atoms with Crippen LogP contribution in [0.25, 0.3) is 0 Å². The average Bonchev–Trinajstić information content (AvgIpc) is 2.35. The second-order valence-corrected chi connectivity index (χ2v) is 6.73. The van der Waals surface area contributed by atoms with Gasteiger partial charge in [-0.2, -0.15) is 0 Å². The maximum Gasteiger partial charge on any atom is 0.0382 e. The zero-order chi connectivity index (χ0) is 14.1. The van der Waals surface area contributed by atoms with Crippen LogP contribution in [0.2, 0.25) is 0 Å². The molecule has 2 nitrogen and oxygen atoms in total. The molecule has 0 amide bonds. The molecule has 0 aromatic heterocycles. The highest BCUT2D eigenvalue weighted by Crippen LogP contribution is 2.43. The lowest BCUT2D eigenvalue weighted by Crippen LogP contribution is -2.48. The van der Waals surface area contributed by atoms with Crippen LogP contribution in [0.1, 0.15) is 47.6 Å². The fourth-order valence-electron chi connectivity index (χ4n) is 4.09. The molecule has 2 fully saturated rings. The molecule has 1 aromatic rings. The highest BCUT2D eigenvalue weighted by atomic mass is 15.2. The van der Waals surface area contributed by atoms with Crippen LogP contribution in [-0.4, -0.2) is 31.1 Å². The maximum atomic E-state index is 3.49. The fraction of sp³-hybridized carbons (Fsp3) is 0.667. The molecular weight excluding hydrogens is 244 g/mol. The summed E-state index contributed by atoms with van der Waals surface area (Å²) in [4.78, 5) is 2.74. The minimum absolute atomic E-state index is 0.659. The Morgan fingerprint density at radius 1 is 1.05 bits per heavy atom. The molecule has 0 unspecified atom stereocenters. The van der Waals surface area contributed by atoms with E-state index >= 15 is 0 Å². The predicted molar refractivity (Wildman–Crippen MR) is 85.2 cm³/mol. The smallest absolute Gasteiger partial charge is 0.0382 e. The Morgan fingerprint density at radius 2 is 1.65 bits per heavy atom. The molecule has 1 saturated carbocycles. The quantitative estimate of drug-likeness (QED) is 0.907. The van der Waals surface area contributed by atoms with E-state index in [9.17, 15) is 0 Å². The fourth-order valence-corrected chi connectivity index (χ4v) is 4.09. The number of benzene rings is 1. The van der Waals surface area contributed by atoms with E-state index in [1.165, 1.54) is 49.0 Å². The Hall–Kier alpha value is -0.860. The second-order valence-electron chi connectivity index (χ2n) is 6.73. The molecule has 0 radical (unpaired) electrons. The van der Waals surface area contributed by atoms with Crippen LogP contribution >= 0.6 is 0 Å². The number of rotatable bonds is 3. The van der Waals surface area contributed by atoms with Crippen molar-refractivity contribution < 1.29 is 0 Å². The maximum absolute atomic E-state index is 3.49. The summed E-state index contributed by atoms with van der Waals surface area (Å²) in [5, 5.41) is 3.49. The Balaban J connectivity index is 1.96. The van der Waals surface area contributed by atoms with Crippen LogP contribution < -0.4 is 5.32 Å². The Labute approximate surface area is 123 Å². The topological polar surface area (TPSA) is 15.3 Å². The van der Waals surface area contributed by atoms with E-state index in [2.05, 4.69) is 43.1 Å². The van der Waals surface area contributed by atoms with Crippen LogP contribution in [-0.2, 0) is 0 Å². The monoisotopic (exact) mass is 272 g/mol. The molecule has 1 heterocycles. The van der Waals surface area contributed by atoms with E-state index in [1.54, 1.807) is 5.56 Å². The predicted octanol–water partition coefficient (Wildman–Crippen LogP) is 3.36. The molecule has 1 saturated heterocycles. The number of aryl methyl sites for hydroxylation is 3. The summed E-state index contributed by atoms with van der Waals surface area (Å²) in [6, 6.07) is 5.40. The van der Waals surface area contributed by atoms with Crippen molar-refractivity contribution in [2.75, 3.05) is 26.2 Å². The molecule has 2 heteroatoms. The number of piperazine rings is 1. The molecular formula is C18H28N2. The van der Waals surface area contributed by atoms with E-state index in [0.717, 1.165) is 19.0 Å². The summed E-state index contributed by atoms with van der Waals surface area (Å²) >= 11 is 0. The van der Waals surface area contributed by atoms with Crippen molar-refractivity contribution in [2.24, 2.45) is 5.92 Å². The lowest BCUT2D eigenvalue weighted by atomic mass is 9.74. The normalized spacial score (nSPS) is 22.6. The van der Waals surface area contributed by atoms with Gasteiger partial charge in [0, 0.05) is 32.2 Å². The third kappa shape index (κ3) is 2.64. The van der Waals surface area contributed by atoms with Gasteiger partial charge in [-0.1, -0.05) is 24.1 Å². The molecule has 20 heavy (non-hydrogen) atoms.